The van der Waals surface area contributed by atoms with Crippen LogP contribution >= 0.6 is 0 Å². The minimum atomic E-state index is -0.129. The molecule has 2 atom stereocenters. The summed E-state index contributed by atoms with van der Waals surface area (Å²) in [5.41, 5.74) is 0.989. The number of hydrogen-bond donors (Lipinski definition) is 0. The lowest BCUT2D eigenvalue weighted by Crippen LogP contribution is -2.28. The summed E-state index contributed by atoms with van der Waals surface area (Å²) in [6.45, 7) is 2.25. The van der Waals surface area contributed by atoms with Crippen molar-refractivity contribution >= 4 is 5.97 Å². The molecule has 1 aromatic rings. The lowest BCUT2D eigenvalue weighted by Gasteiger charge is -2.31. The summed E-state index contributed by atoms with van der Waals surface area (Å²) in [7, 11) is 4.80. The van der Waals surface area contributed by atoms with Crippen LogP contribution < -0.4 is 14.2 Å². The van der Waals surface area contributed by atoms with E-state index in [0.29, 0.717) is 23.9 Å². The highest BCUT2D eigenvalue weighted by molar-refractivity contribution is 5.74. The van der Waals surface area contributed by atoms with Crippen molar-refractivity contribution in [1.82, 2.24) is 0 Å². The summed E-state index contributed by atoms with van der Waals surface area (Å²) < 4.78 is 21.7. The molecule has 1 aliphatic carbocycles. The molecule has 0 heterocycles. The molecule has 1 aromatic carbocycles. The number of carbonyl (C=O) groups excluding carboxylic acids is 1. The number of methoxy groups -OCH3 is 3. The third-order valence-corrected chi connectivity index (χ3v) is 4.49. The second kappa shape index (κ2) is 8.09. The molecule has 0 amide bonds. The van der Waals surface area contributed by atoms with Crippen LogP contribution in [0.2, 0.25) is 0 Å². The maximum absolute atomic E-state index is 12.3. The van der Waals surface area contributed by atoms with Gasteiger partial charge in [-0.3, -0.25) is 4.79 Å². The molecule has 0 spiro atoms. The third kappa shape index (κ3) is 3.54. The van der Waals surface area contributed by atoms with Gasteiger partial charge in [-0.15, -0.1) is 0 Å². The molecule has 5 heteroatoms. The maximum Gasteiger partial charge on any atom is 0.309 e. The monoisotopic (exact) mass is 322 g/mol. The minimum absolute atomic E-state index is 0.0811. The van der Waals surface area contributed by atoms with Crippen molar-refractivity contribution in [3.63, 3.8) is 0 Å². The van der Waals surface area contributed by atoms with Crippen LogP contribution in [-0.2, 0) is 9.53 Å². The number of esters is 1. The number of benzene rings is 1. The van der Waals surface area contributed by atoms with Gasteiger partial charge in [-0.2, -0.15) is 0 Å². The van der Waals surface area contributed by atoms with E-state index in [2.05, 4.69) is 0 Å². The molecule has 1 aliphatic rings. The molecule has 5 nitrogen and oxygen atoms in total. The number of ether oxygens (including phenoxy) is 4. The molecule has 2 unspecified atom stereocenters. The molecular formula is C18H26O5. The molecule has 0 radical (unpaired) electrons. The number of hydrogen-bond acceptors (Lipinski definition) is 5. The van der Waals surface area contributed by atoms with Crippen molar-refractivity contribution in [3.05, 3.63) is 17.7 Å². The molecule has 0 aliphatic heterocycles. The van der Waals surface area contributed by atoms with Crippen LogP contribution in [0, 0.1) is 5.92 Å². The molecule has 0 N–H and O–H groups in total. The van der Waals surface area contributed by atoms with Crippen LogP contribution in [0.5, 0.6) is 17.2 Å². The summed E-state index contributed by atoms with van der Waals surface area (Å²) in [6, 6.07) is 3.84. The van der Waals surface area contributed by atoms with E-state index in [1.54, 1.807) is 21.3 Å². The Hall–Kier alpha value is -1.91. The summed E-state index contributed by atoms with van der Waals surface area (Å²) in [5.74, 6) is 1.67. The predicted molar refractivity (Wildman–Crippen MR) is 87.4 cm³/mol. The smallest absolute Gasteiger partial charge is 0.309 e. The van der Waals surface area contributed by atoms with Gasteiger partial charge >= 0.3 is 5.97 Å². The van der Waals surface area contributed by atoms with Crippen molar-refractivity contribution in [2.24, 2.45) is 5.92 Å². The first kappa shape index (κ1) is 17.4. The second-order valence-electron chi connectivity index (χ2n) is 5.67. The third-order valence-electron chi connectivity index (χ3n) is 4.49. The van der Waals surface area contributed by atoms with Crippen LogP contribution in [0.25, 0.3) is 0 Å². The zero-order valence-corrected chi connectivity index (χ0v) is 14.4. The van der Waals surface area contributed by atoms with E-state index in [1.165, 1.54) is 0 Å². The van der Waals surface area contributed by atoms with Crippen molar-refractivity contribution in [2.75, 3.05) is 27.9 Å². The largest absolute Gasteiger partial charge is 0.493 e. The van der Waals surface area contributed by atoms with E-state index in [1.807, 2.05) is 19.1 Å². The summed E-state index contributed by atoms with van der Waals surface area (Å²) in [5, 5.41) is 0. The zero-order chi connectivity index (χ0) is 16.8. The molecule has 0 saturated heterocycles. The summed E-state index contributed by atoms with van der Waals surface area (Å²) in [4.78, 5) is 12.3. The summed E-state index contributed by atoms with van der Waals surface area (Å²) >= 11 is 0. The lowest BCUT2D eigenvalue weighted by atomic mass is 9.75. The van der Waals surface area contributed by atoms with Gasteiger partial charge in [0.05, 0.1) is 33.9 Å². The van der Waals surface area contributed by atoms with Crippen LogP contribution in [0.3, 0.4) is 0 Å². The SMILES string of the molecule is CCOC(=O)C1CCCCC1c1ccc(OC)c(OC)c1OC. The van der Waals surface area contributed by atoms with Crippen LogP contribution in [0.1, 0.15) is 44.1 Å². The Kier molecular flexibility index (Phi) is 6.13. The van der Waals surface area contributed by atoms with Crippen molar-refractivity contribution in [1.29, 1.82) is 0 Å². The number of carbonyl (C=O) groups is 1. The van der Waals surface area contributed by atoms with Crippen molar-refractivity contribution < 1.29 is 23.7 Å². The average molecular weight is 322 g/mol. The Morgan fingerprint density at radius 1 is 1.04 bits per heavy atom. The highest BCUT2D eigenvalue weighted by Crippen LogP contribution is 2.48. The van der Waals surface area contributed by atoms with Gasteiger partial charge in [0.15, 0.2) is 11.5 Å². The maximum atomic E-state index is 12.3. The summed E-state index contributed by atoms with van der Waals surface area (Å²) in [6.07, 6.45) is 3.93. The van der Waals surface area contributed by atoms with Crippen molar-refractivity contribution in [3.8, 4) is 17.2 Å². The Morgan fingerprint density at radius 2 is 1.74 bits per heavy atom. The van der Waals surface area contributed by atoms with Crippen LogP contribution in [0.15, 0.2) is 12.1 Å². The standard InChI is InChI=1S/C18H26O5/c1-5-23-18(19)14-9-7-6-8-12(14)13-10-11-15(20-2)17(22-4)16(13)21-3/h10-12,14H,5-9H2,1-4H3. The van der Waals surface area contributed by atoms with E-state index in [9.17, 15) is 4.79 Å². The fraction of sp³-hybridized carbons (Fsp3) is 0.611. The molecule has 2 rings (SSSR count). The predicted octanol–water partition coefficient (Wildman–Crippen LogP) is 3.55. The highest BCUT2D eigenvalue weighted by atomic mass is 16.5. The molecular weight excluding hydrogens is 296 g/mol. The van der Waals surface area contributed by atoms with Gasteiger partial charge in [-0.25, -0.2) is 0 Å². The van der Waals surface area contributed by atoms with E-state index >= 15 is 0 Å². The van der Waals surface area contributed by atoms with Gasteiger partial charge < -0.3 is 18.9 Å². The normalized spacial score (nSPS) is 20.7. The Bertz CT molecular complexity index is 540. The van der Waals surface area contributed by atoms with E-state index in [0.717, 1.165) is 31.2 Å². The van der Waals surface area contributed by atoms with Crippen LogP contribution in [-0.4, -0.2) is 33.9 Å². The number of rotatable bonds is 6. The van der Waals surface area contributed by atoms with Gasteiger partial charge in [0.2, 0.25) is 5.75 Å². The average Bonchev–Trinajstić information content (AvgIpc) is 2.60. The van der Waals surface area contributed by atoms with E-state index in [4.69, 9.17) is 18.9 Å². The Labute approximate surface area is 137 Å². The molecule has 1 fully saturated rings. The molecule has 1 saturated carbocycles. The second-order valence-corrected chi connectivity index (χ2v) is 5.67. The first-order chi connectivity index (χ1) is 11.2. The first-order valence-corrected chi connectivity index (χ1v) is 8.13. The lowest BCUT2D eigenvalue weighted by molar-refractivity contribution is -0.149. The van der Waals surface area contributed by atoms with Gasteiger partial charge in [0.25, 0.3) is 0 Å². The van der Waals surface area contributed by atoms with Crippen LogP contribution in [0.4, 0.5) is 0 Å². The van der Waals surface area contributed by atoms with Gasteiger partial charge in [0, 0.05) is 11.5 Å². The Morgan fingerprint density at radius 3 is 2.35 bits per heavy atom. The molecule has 23 heavy (non-hydrogen) atoms. The fourth-order valence-corrected chi connectivity index (χ4v) is 3.45. The van der Waals surface area contributed by atoms with Gasteiger partial charge in [-0.1, -0.05) is 18.9 Å². The molecule has 128 valence electrons. The minimum Gasteiger partial charge on any atom is -0.493 e. The molecule has 0 aromatic heterocycles. The van der Waals surface area contributed by atoms with E-state index in [-0.39, 0.29) is 17.8 Å². The van der Waals surface area contributed by atoms with Crippen molar-refractivity contribution in [2.45, 2.75) is 38.5 Å². The Balaban J connectivity index is 2.43. The zero-order valence-electron chi connectivity index (χ0n) is 14.4. The molecule has 0 bridgehead atoms. The topological polar surface area (TPSA) is 54.0 Å². The first-order valence-electron chi connectivity index (χ1n) is 8.13. The van der Waals surface area contributed by atoms with E-state index < -0.39 is 0 Å². The van der Waals surface area contributed by atoms with Gasteiger partial charge in [0.1, 0.15) is 0 Å². The quantitative estimate of drug-likeness (QED) is 0.750. The van der Waals surface area contributed by atoms with Gasteiger partial charge in [-0.05, 0) is 25.8 Å². The highest BCUT2D eigenvalue weighted by Gasteiger charge is 2.35. The fourth-order valence-electron chi connectivity index (χ4n) is 3.45.